The Bertz CT molecular complexity index is 584. The SMILES string of the molecule is Cc1cnccc1CNC(=O)C(N)CCc1ccccc1. The molecule has 1 heterocycles. The number of hydrogen-bond acceptors (Lipinski definition) is 3. The van der Waals surface area contributed by atoms with E-state index in [1.165, 1.54) is 5.56 Å². The number of pyridine rings is 1. The summed E-state index contributed by atoms with van der Waals surface area (Å²) in [4.78, 5) is 16.0. The molecule has 0 fully saturated rings. The van der Waals surface area contributed by atoms with Crippen molar-refractivity contribution in [2.75, 3.05) is 0 Å². The minimum absolute atomic E-state index is 0.109. The highest BCUT2D eigenvalue weighted by molar-refractivity contribution is 5.81. The average molecular weight is 283 g/mol. The lowest BCUT2D eigenvalue weighted by Gasteiger charge is -2.13. The van der Waals surface area contributed by atoms with Gasteiger partial charge in [0.15, 0.2) is 0 Å². The van der Waals surface area contributed by atoms with Crippen molar-refractivity contribution in [1.82, 2.24) is 10.3 Å². The second-order valence-corrected chi connectivity index (χ2v) is 5.15. The largest absolute Gasteiger partial charge is 0.351 e. The third-order valence-corrected chi connectivity index (χ3v) is 3.51. The zero-order valence-electron chi connectivity index (χ0n) is 12.3. The van der Waals surface area contributed by atoms with Crippen molar-refractivity contribution in [3.63, 3.8) is 0 Å². The van der Waals surface area contributed by atoms with Gasteiger partial charge in [-0.25, -0.2) is 0 Å². The van der Waals surface area contributed by atoms with Crippen LogP contribution in [0.3, 0.4) is 0 Å². The number of carbonyl (C=O) groups is 1. The van der Waals surface area contributed by atoms with E-state index in [4.69, 9.17) is 5.73 Å². The number of carbonyl (C=O) groups excluding carboxylic acids is 1. The van der Waals surface area contributed by atoms with Crippen molar-refractivity contribution < 1.29 is 4.79 Å². The van der Waals surface area contributed by atoms with E-state index in [1.54, 1.807) is 12.4 Å². The molecular formula is C17H21N3O. The van der Waals surface area contributed by atoms with Crippen LogP contribution in [0.2, 0.25) is 0 Å². The van der Waals surface area contributed by atoms with Gasteiger partial charge < -0.3 is 11.1 Å². The number of nitrogens with one attached hydrogen (secondary N) is 1. The van der Waals surface area contributed by atoms with E-state index in [0.29, 0.717) is 13.0 Å². The third kappa shape index (κ3) is 4.68. The molecule has 1 unspecified atom stereocenters. The quantitative estimate of drug-likeness (QED) is 0.851. The number of nitrogens with two attached hydrogens (primary N) is 1. The number of rotatable bonds is 6. The zero-order chi connectivity index (χ0) is 15.1. The molecule has 0 aliphatic rings. The fourth-order valence-electron chi connectivity index (χ4n) is 2.11. The van der Waals surface area contributed by atoms with E-state index in [9.17, 15) is 4.79 Å². The first-order valence-electron chi connectivity index (χ1n) is 7.13. The van der Waals surface area contributed by atoms with Crippen LogP contribution >= 0.6 is 0 Å². The molecule has 0 aliphatic heterocycles. The van der Waals surface area contributed by atoms with Gasteiger partial charge in [0, 0.05) is 18.9 Å². The zero-order valence-corrected chi connectivity index (χ0v) is 12.3. The molecular weight excluding hydrogens is 262 g/mol. The van der Waals surface area contributed by atoms with Crippen molar-refractivity contribution in [2.24, 2.45) is 5.73 Å². The van der Waals surface area contributed by atoms with Crippen LogP contribution in [0.4, 0.5) is 0 Å². The van der Waals surface area contributed by atoms with Gasteiger partial charge in [0.2, 0.25) is 5.91 Å². The normalized spacial score (nSPS) is 11.9. The summed E-state index contributed by atoms with van der Waals surface area (Å²) in [5.74, 6) is -0.109. The fraction of sp³-hybridized carbons (Fsp3) is 0.294. The summed E-state index contributed by atoms with van der Waals surface area (Å²) in [5, 5.41) is 2.88. The number of nitrogens with zero attached hydrogens (tertiary/aromatic N) is 1. The Morgan fingerprint density at radius 2 is 2.05 bits per heavy atom. The number of amides is 1. The smallest absolute Gasteiger partial charge is 0.237 e. The van der Waals surface area contributed by atoms with Crippen LogP contribution in [-0.2, 0) is 17.8 Å². The summed E-state index contributed by atoms with van der Waals surface area (Å²) in [6.07, 6.45) is 4.97. The van der Waals surface area contributed by atoms with Gasteiger partial charge >= 0.3 is 0 Å². The molecule has 1 aromatic heterocycles. The topological polar surface area (TPSA) is 68.0 Å². The van der Waals surface area contributed by atoms with E-state index in [0.717, 1.165) is 17.5 Å². The summed E-state index contributed by atoms with van der Waals surface area (Å²) >= 11 is 0. The number of benzene rings is 1. The molecule has 3 N–H and O–H groups in total. The maximum absolute atomic E-state index is 12.0. The van der Waals surface area contributed by atoms with Crippen LogP contribution in [-0.4, -0.2) is 16.9 Å². The van der Waals surface area contributed by atoms with Crippen LogP contribution < -0.4 is 11.1 Å². The average Bonchev–Trinajstić information content (AvgIpc) is 2.52. The van der Waals surface area contributed by atoms with Crippen molar-refractivity contribution in [2.45, 2.75) is 32.4 Å². The minimum Gasteiger partial charge on any atom is -0.351 e. The van der Waals surface area contributed by atoms with Gasteiger partial charge in [-0.2, -0.15) is 0 Å². The molecule has 2 rings (SSSR count). The van der Waals surface area contributed by atoms with Crippen LogP contribution in [0, 0.1) is 6.92 Å². The van der Waals surface area contributed by atoms with Gasteiger partial charge in [-0.1, -0.05) is 30.3 Å². The molecule has 1 atom stereocenters. The Morgan fingerprint density at radius 3 is 2.76 bits per heavy atom. The Labute approximate surface area is 125 Å². The predicted molar refractivity (Wildman–Crippen MR) is 83.6 cm³/mol. The first kappa shape index (κ1) is 15.2. The number of aryl methyl sites for hydroxylation is 2. The maximum atomic E-state index is 12.0. The molecule has 0 bridgehead atoms. The Kier molecular flexibility index (Phi) is 5.46. The second kappa shape index (κ2) is 7.55. The lowest BCUT2D eigenvalue weighted by atomic mass is 10.1. The molecule has 1 amide bonds. The molecule has 0 saturated heterocycles. The molecule has 0 saturated carbocycles. The van der Waals surface area contributed by atoms with Crippen LogP contribution in [0.25, 0.3) is 0 Å². The number of hydrogen-bond donors (Lipinski definition) is 2. The lowest BCUT2D eigenvalue weighted by molar-refractivity contribution is -0.122. The Morgan fingerprint density at radius 1 is 1.29 bits per heavy atom. The van der Waals surface area contributed by atoms with Crippen LogP contribution in [0.15, 0.2) is 48.8 Å². The highest BCUT2D eigenvalue weighted by Crippen LogP contribution is 2.06. The standard InChI is InChI=1S/C17H21N3O/c1-13-11-19-10-9-15(13)12-20-17(21)16(18)8-7-14-5-3-2-4-6-14/h2-6,9-11,16H,7-8,12,18H2,1H3,(H,20,21). The minimum atomic E-state index is -0.479. The van der Waals surface area contributed by atoms with E-state index in [1.807, 2.05) is 43.3 Å². The summed E-state index contributed by atoms with van der Waals surface area (Å²) in [6, 6.07) is 11.5. The third-order valence-electron chi connectivity index (χ3n) is 3.51. The maximum Gasteiger partial charge on any atom is 0.237 e. The first-order valence-corrected chi connectivity index (χ1v) is 7.13. The Hall–Kier alpha value is -2.20. The van der Waals surface area contributed by atoms with Crippen LogP contribution in [0.5, 0.6) is 0 Å². The van der Waals surface area contributed by atoms with E-state index in [2.05, 4.69) is 10.3 Å². The monoisotopic (exact) mass is 283 g/mol. The van der Waals surface area contributed by atoms with Gasteiger partial charge in [-0.15, -0.1) is 0 Å². The van der Waals surface area contributed by atoms with Crippen molar-refractivity contribution >= 4 is 5.91 Å². The summed E-state index contributed by atoms with van der Waals surface area (Å²) in [5.41, 5.74) is 9.27. The van der Waals surface area contributed by atoms with Crippen molar-refractivity contribution in [3.8, 4) is 0 Å². The summed E-state index contributed by atoms with van der Waals surface area (Å²) in [6.45, 7) is 2.47. The second-order valence-electron chi connectivity index (χ2n) is 5.15. The molecule has 0 spiro atoms. The molecule has 4 heteroatoms. The number of aromatic nitrogens is 1. The van der Waals surface area contributed by atoms with Crippen LogP contribution in [0.1, 0.15) is 23.1 Å². The first-order chi connectivity index (χ1) is 10.2. The van der Waals surface area contributed by atoms with E-state index >= 15 is 0 Å². The predicted octanol–water partition coefficient (Wildman–Crippen LogP) is 1.97. The summed E-state index contributed by atoms with van der Waals surface area (Å²) < 4.78 is 0. The van der Waals surface area contributed by atoms with Crippen molar-refractivity contribution in [1.29, 1.82) is 0 Å². The lowest BCUT2D eigenvalue weighted by Crippen LogP contribution is -2.40. The van der Waals surface area contributed by atoms with Gasteiger partial charge in [0.25, 0.3) is 0 Å². The molecule has 1 aromatic carbocycles. The van der Waals surface area contributed by atoms with Gasteiger partial charge in [0.1, 0.15) is 0 Å². The highest BCUT2D eigenvalue weighted by Gasteiger charge is 2.13. The van der Waals surface area contributed by atoms with E-state index in [-0.39, 0.29) is 5.91 Å². The van der Waals surface area contributed by atoms with Gasteiger partial charge in [-0.3, -0.25) is 9.78 Å². The van der Waals surface area contributed by atoms with Crippen molar-refractivity contribution in [3.05, 3.63) is 65.5 Å². The Balaban J connectivity index is 1.79. The molecule has 2 aromatic rings. The van der Waals surface area contributed by atoms with Gasteiger partial charge in [-0.05, 0) is 42.5 Å². The molecule has 110 valence electrons. The molecule has 21 heavy (non-hydrogen) atoms. The van der Waals surface area contributed by atoms with E-state index < -0.39 is 6.04 Å². The van der Waals surface area contributed by atoms with Gasteiger partial charge in [0.05, 0.1) is 6.04 Å². The molecule has 4 nitrogen and oxygen atoms in total. The fourth-order valence-corrected chi connectivity index (χ4v) is 2.11. The summed E-state index contributed by atoms with van der Waals surface area (Å²) in [7, 11) is 0. The molecule has 0 aliphatic carbocycles. The highest BCUT2D eigenvalue weighted by atomic mass is 16.2. The molecule has 0 radical (unpaired) electrons.